The van der Waals surface area contributed by atoms with Gasteiger partial charge in [0.05, 0.1) is 14.2 Å². The summed E-state index contributed by atoms with van der Waals surface area (Å²) in [5.74, 6) is 1.75. The fourth-order valence-corrected chi connectivity index (χ4v) is 2.69. The van der Waals surface area contributed by atoms with Gasteiger partial charge < -0.3 is 24.4 Å². The van der Waals surface area contributed by atoms with Crippen molar-refractivity contribution in [3.05, 3.63) is 41.5 Å². The van der Waals surface area contributed by atoms with Gasteiger partial charge in [0.25, 0.3) is 0 Å². The van der Waals surface area contributed by atoms with E-state index in [0.717, 1.165) is 24.0 Å². The number of rotatable bonds is 3. The number of ether oxygens (including phenoxy) is 3. The maximum atomic E-state index is 9.82. The molecule has 22 heavy (non-hydrogen) atoms. The maximum absolute atomic E-state index is 9.82. The highest BCUT2D eigenvalue weighted by atomic mass is 16.5. The smallest absolute Gasteiger partial charge is 0.164 e. The Morgan fingerprint density at radius 1 is 1.00 bits per heavy atom. The summed E-state index contributed by atoms with van der Waals surface area (Å²) < 4.78 is 16.3. The molecule has 1 aliphatic heterocycles. The third kappa shape index (κ3) is 2.50. The van der Waals surface area contributed by atoms with Gasteiger partial charge in [-0.3, -0.25) is 0 Å². The molecule has 0 spiro atoms. The molecule has 1 atom stereocenters. The first-order valence-electron chi connectivity index (χ1n) is 7.05. The Morgan fingerprint density at radius 3 is 2.45 bits per heavy atom. The first-order chi connectivity index (χ1) is 10.6. The van der Waals surface area contributed by atoms with Gasteiger partial charge in [-0.25, -0.2) is 0 Å². The maximum Gasteiger partial charge on any atom is 0.164 e. The molecule has 5 nitrogen and oxygen atoms in total. The largest absolute Gasteiger partial charge is 0.504 e. The summed E-state index contributed by atoms with van der Waals surface area (Å²) in [6, 6.07) is 8.59. The van der Waals surface area contributed by atoms with E-state index in [1.807, 2.05) is 6.07 Å². The van der Waals surface area contributed by atoms with Gasteiger partial charge in [0, 0.05) is 6.07 Å². The van der Waals surface area contributed by atoms with Crippen molar-refractivity contribution >= 4 is 0 Å². The van der Waals surface area contributed by atoms with Crippen LogP contribution in [0.1, 0.15) is 23.7 Å². The highest BCUT2D eigenvalue weighted by molar-refractivity contribution is 5.51. The number of aryl methyl sites for hydroxylation is 1. The second-order valence-electron chi connectivity index (χ2n) is 5.21. The molecule has 3 rings (SSSR count). The summed E-state index contributed by atoms with van der Waals surface area (Å²) in [5.41, 5.74) is 1.90. The molecule has 0 bridgehead atoms. The third-order valence-electron chi connectivity index (χ3n) is 3.88. The first kappa shape index (κ1) is 14.4. The van der Waals surface area contributed by atoms with Crippen LogP contribution >= 0.6 is 0 Å². The molecular weight excluding hydrogens is 284 g/mol. The topological polar surface area (TPSA) is 68.2 Å². The van der Waals surface area contributed by atoms with E-state index in [9.17, 15) is 10.2 Å². The molecule has 1 heterocycles. The van der Waals surface area contributed by atoms with Crippen LogP contribution in [0.15, 0.2) is 30.3 Å². The molecule has 2 aromatic carbocycles. The molecular formula is C17H18O5. The van der Waals surface area contributed by atoms with E-state index in [0.29, 0.717) is 17.2 Å². The third-order valence-corrected chi connectivity index (χ3v) is 3.88. The fraction of sp³-hybridized carbons (Fsp3) is 0.294. The molecule has 2 aromatic rings. The molecule has 0 radical (unpaired) electrons. The van der Waals surface area contributed by atoms with Crippen LogP contribution in [0.5, 0.6) is 28.7 Å². The average molecular weight is 302 g/mol. The van der Waals surface area contributed by atoms with Crippen LogP contribution in [0.25, 0.3) is 0 Å². The first-order valence-corrected chi connectivity index (χ1v) is 7.05. The average Bonchev–Trinajstić information content (AvgIpc) is 2.54. The van der Waals surface area contributed by atoms with Crippen LogP contribution in [0.2, 0.25) is 0 Å². The van der Waals surface area contributed by atoms with E-state index in [2.05, 4.69) is 0 Å². The molecule has 0 aromatic heterocycles. The van der Waals surface area contributed by atoms with Crippen molar-refractivity contribution < 1.29 is 24.4 Å². The standard InChI is InChI=1S/C17H18O5/c1-20-16-8-11(3-5-12(16)18)14-6-4-10-7-13(19)17(21-2)9-15(10)22-14/h3,5,7-9,14,18-19H,4,6H2,1-2H3. The molecule has 0 saturated carbocycles. The quantitative estimate of drug-likeness (QED) is 0.911. The predicted molar refractivity (Wildman–Crippen MR) is 81.0 cm³/mol. The zero-order valence-electron chi connectivity index (χ0n) is 12.5. The summed E-state index contributed by atoms with van der Waals surface area (Å²) in [6.07, 6.45) is 1.45. The molecule has 1 unspecified atom stereocenters. The van der Waals surface area contributed by atoms with Gasteiger partial charge in [0.15, 0.2) is 23.0 Å². The van der Waals surface area contributed by atoms with Crippen molar-refractivity contribution in [1.29, 1.82) is 0 Å². The Hall–Kier alpha value is -2.56. The van der Waals surface area contributed by atoms with Crippen LogP contribution in [0.4, 0.5) is 0 Å². The number of fused-ring (bicyclic) bond motifs is 1. The lowest BCUT2D eigenvalue weighted by atomic mass is 9.97. The lowest BCUT2D eigenvalue weighted by Gasteiger charge is -2.27. The highest BCUT2D eigenvalue weighted by Gasteiger charge is 2.24. The van der Waals surface area contributed by atoms with Gasteiger partial charge in [-0.15, -0.1) is 0 Å². The van der Waals surface area contributed by atoms with Crippen molar-refractivity contribution in [1.82, 2.24) is 0 Å². The van der Waals surface area contributed by atoms with Crippen molar-refractivity contribution in [2.45, 2.75) is 18.9 Å². The SMILES string of the molecule is COc1cc(C2CCc3cc(O)c(OC)cc3O2)ccc1O. The fourth-order valence-electron chi connectivity index (χ4n) is 2.69. The Labute approximate surface area is 128 Å². The second kappa shape index (κ2) is 5.67. The van der Waals surface area contributed by atoms with E-state index in [1.165, 1.54) is 14.2 Å². The van der Waals surface area contributed by atoms with E-state index in [1.54, 1.807) is 24.3 Å². The highest BCUT2D eigenvalue weighted by Crippen LogP contribution is 2.42. The Bertz CT molecular complexity index is 696. The molecule has 0 aliphatic carbocycles. The molecule has 5 heteroatoms. The van der Waals surface area contributed by atoms with E-state index < -0.39 is 0 Å². The van der Waals surface area contributed by atoms with Crippen molar-refractivity contribution in [2.24, 2.45) is 0 Å². The van der Waals surface area contributed by atoms with Crippen LogP contribution in [0, 0.1) is 0 Å². The van der Waals surface area contributed by atoms with Gasteiger partial charge in [-0.1, -0.05) is 6.07 Å². The van der Waals surface area contributed by atoms with Gasteiger partial charge in [0.2, 0.25) is 0 Å². The van der Waals surface area contributed by atoms with E-state index in [-0.39, 0.29) is 17.6 Å². The summed E-state index contributed by atoms with van der Waals surface area (Å²) in [4.78, 5) is 0. The van der Waals surface area contributed by atoms with Crippen molar-refractivity contribution in [2.75, 3.05) is 14.2 Å². The second-order valence-corrected chi connectivity index (χ2v) is 5.21. The Kier molecular flexibility index (Phi) is 3.71. The zero-order chi connectivity index (χ0) is 15.7. The minimum absolute atomic E-state index is 0.106. The molecule has 116 valence electrons. The molecule has 0 saturated heterocycles. The summed E-state index contributed by atoms with van der Waals surface area (Å²) >= 11 is 0. The van der Waals surface area contributed by atoms with Crippen molar-refractivity contribution in [3.63, 3.8) is 0 Å². The number of hydrogen-bond donors (Lipinski definition) is 2. The monoisotopic (exact) mass is 302 g/mol. The molecule has 0 amide bonds. The number of benzene rings is 2. The van der Waals surface area contributed by atoms with Crippen LogP contribution in [-0.2, 0) is 6.42 Å². The zero-order valence-corrected chi connectivity index (χ0v) is 12.5. The summed E-state index contributed by atoms with van der Waals surface area (Å²) in [6.45, 7) is 0. The summed E-state index contributed by atoms with van der Waals surface area (Å²) in [5, 5.41) is 19.5. The lowest BCUT2D eigenvalue weighted by molar-refractivity contribution is 0.175. The number of phenols is 2. The number of hydrogen-bond acceptors (Lipinski definition) is 5. The predicted octanol–water partition coefficient (Wildman–Crippen LogP) is 3.18. The van der Waals surface area contributed by atoms with Crippen molar-refractivity contribution in [3.8, 4) is 28.7 Å². The van der Waals surface area contributed by atoms with Crippen LogP contribution in [-0.4, -0.2) is 24.4 Å². The number of methoxy groups -OCH3 is 2. The summed E-state index contributed by atoms with van der Waals surface area (Å²) in [7, 11) is 3.02. The molecule has 1 aliphatic rings. The van der Waals surface area contributed by atoms with E-state index in [4.69, 9.17) is 14.2 Å². The van der Waals surface area contributed by atoms with Gasteiger partial charge >= 0.3 is 0 Å². The van der Waals surface area contributed by atoms with Gasteiger partial charge in [-0.05, 0) is 42.2 Å². The van der Waals surface area contributed by atoms with Crippen LogP contribution in [0.3, 0.4) is 0 Å². The lowest BCUT2D eigenvalue weighted by Crippen LogP contribution is -2.15. The Balaban J connectivity index is 1.90. The minimum Gasteiger partial charge on any atom is -0.504 e. The molecule has 2 N–H and O–H groups in total. The number of phenolic OH excluding ortho intramolecular Hbond substituents is 2. The van der Waals surface area contributed by atoms with Gasteiger partial charge in [0.1, 0.15) is 11.9 Å². The van der Waals surface area contributed by atoms with Gasteiger partial charge in [-0.2, -0.15) is 0 Å². The van der Waals surface area contributed by atoms with E-state index >= 15 is 0 Å². The number of aromatic hydroxyl groups is 2. The normalized spacial score (nSPS) is 16.5. The Morgan fingerprint density at radius 2 is 1.73 bits per heavy atom. The molecule has 0 fully saturated rings. The van der Waals surface area contributed by atoms with Crippen LogP contribution < -0.4 is 14.2 Å². The minimum atomic E-state index is -0.128.